The number of aliphatic carboxylic acids is 1. The standard InChI is InChI=1S/C14H13N3O3S/c15-14-16-10(7-21-14)12(18)17-6-5-8-3-1-2-4-9(8)11(17)13(19)20/h1-4,7,11H,5-6H2,(H2,15,16)(H,19,20). The van der Waals surface area contributed by atoms with Crippen molar-refractivity contribution in [3.05, 3.63) is 46.5 Å². The fraction of sp³-hybridized carbons (Fsp3) is 0.214. The van der Waals surface area contributed by atoms with Crippen LogP contribution in [0.15, 0.2) is 29.6 Å². The SMILES string of the molecule is Nc1nc(C(=O)N2CCc3ccccc3C2C(=O)O)cs1. The summed E-state index contributed by atoms with van der Waals surface area (Å²) in [5.41, 5.74) is 7.36. The summed E-state index contributed by atoms with van der Waals surface area (Å²) in [6.45, 7) is 0.351. The van der Waals surface area contributed by atoms with Crippen molar-refractivity contribution in [2.24, 2.45) is 0 Å². The molecule has 6 nitrogen and oxygen atoms in total. The van der Waals surface area contributed by atoms with Gasteiger partial charge in [0.15, 0.2) is 11.2 Å². The number of rotatable bonds is 2. The van der Waals surface area contributed by atoms with E-state index < -0.39 is 17.9 Å². The number of aromatic nitrogens is 1. The van der Waals surface area contributed by atoms with Crippen molar-refractivity contribution in [1.82, 2.24) is 9.88 Å². The summed E-state index contributed by atoms with van der Waals surface area (Å²) in [6, 6.07) is 6.32. The zero-order valence-electron chi connectivity index (χ0n) is 11.0. The van der Waals surface area contributed by atoms with Crippen LogP contribution in [0.25, 0.3) is 0 Å². The highest BCUT2D eigenvalue weighted by atomic mass is 32.1. The van der Waals surface area contributed by atoms with Crippen molar-refractivity contribution in [2.75, 3.05) is 12.3 Å². The highest BCUT2D eigenvalue weighted by Crippen LogP contribution is 2.31. The van der Waals surface area contributed by atoms with E-state index in [4.69, 9.17) is 5.73 Å². The van der Waals surface area contributed by atoms with E-state index in [1.807, 2.05) is 12.1 Å². The summed E-state index contributed by atoms with van der Waals surface area (Å²) >= 11 is 1.16. The van der Waals surface area contributed by atoms with Crippen LogP contribution >= 0.6 is 11.3 Å². The monoisotopic (exact) mass is 303 g/mol. The number of carboxylic acids is 1. The molecule has 3 rings (SSSR count). The summed E-state index contributed by atoms with van der Waals surface area (Å²) in [5, 5.41) is 11.4. The lowest BCUT2D eigenvalue weighted by molar-refractivity contribution is -0.143. The van der Waals surface area contributed by atoms with Crippen molar-refractivity contribution in [3.8, 4) is 0 Å². The molecule has 1 aromatic carbocycles. The molecule has 108 valence electrons. The summed E-state index contributed by atoms with van der Waals surface area (Å²) in [7, 11) is 0. The number of hydrogen-bond acceptors (Lipinski definition) is 5. The molecule has 1 aliphatic heterocycles. The normalized spacial score (nSPS) is 17.3. The Morgan fingerprint density at radius 1 is 1.38 bits per heavy atom. The minimum Gasteiger partial charge on any atom is -0.479 e. The van der Waals surface area contributed by atoms with Crippen molar-refractivity contribution in [3.63, 3.8) is 0 Å². The summed E-state index contributed by atoms with van der Waals surface area (Å²) in [6.07, 6.45) is 0.630. The lowest BCUT2D eigenvalue weighted by atomic mass is 9.92. The van der Waals surface area contributed by atoms with E-state index in [-0.39, 0.29) is 5.69 Å². The summed E-state index contributed by atoms with van der Waals surface area (Å²) in [4.78, 5) is 29.4. The number of nitrogens with zero attached hydrogens (tertiary/aromatic N) is 2. The highest BCUT2D eigenvalue weighted by molar-refractivity contribution is 7.13. The number of thiazole rings is 1. The third-order valence-electron chi connectivity index (χ3n) is 3.52. The molecule has 0 saturated heterocycles. The van der Waals surface area contributed by atoms with Crippen LogP contribution in [0.3, 0.4) is 0 Å². The number of nitrogens with two attached hydrogens (primary N) is 1. The van der Waals surface area contributed by atoms with E-state index in [0.29, 0.717) is 23.7 Å². The Balaban J connectivity index is 1.99. The Bertz CT molecular complexity index is 713. The predicted octanol–water partition coefficient (Wildman–Crippen LogP) is 1.55. The second kappa shape index (κ2) is 5.17. The molecule has 1 amide bonds. The van der Waals surface area contributed by atoms with Gasteiger partial charge in [-0.2, -0.15) is 0 Å². The quantitative estimate of drug-likeness (QED) is 0.877. The Kier molecular flexibility index (Phi) is 3.34. The number of carbonyl (C=O) groups is 2. The minimum absolute atomic E-state index is 0.197. The van der Waals surface area contributed by atoms with Gasteiger partial charge in [0, 0.05) is 11.9 Å². The Morgan fingerprint density at radius 2 is 2.14 bits per heavy atom. The van der Waals surface area contributed by atoms with Gasteiger partial charge in [0.2, 0.25) is 0 Å². The highest BCUT2D eigenvalue weighted by Gasteiger charge is 2.36. The fourth-order valence-corrected chi connectivity index (χ4v) is 3.12. The molecule has 1 aromatic heterocycles. The van der Waals surface area contributed by atoms with Crippen LogP contribution in [0.2, 0.25) is 0 Å². The van der Waals surface area contributed by atoms with Gasteiger partial charge in [0.1, 0.15) is 5.69 Å². The molecule has 21 heavy (non-hydrogen) atoms. The second-order valence-electron chi connectivity index (χ2n) is 4.76. The first-order chi connectivity index (χ1) is 10.1. The number of anilines is 1. The van der Waals surface area contributed by atoms with Gasteiger partial charge in [0.05, 0.1) is 0 Å². The summed E-state index contributed by atoms with van der Waals surface area (Å²) < 4.78 is 0. The van der Waals surface area contributed by atoms with Gasteiger partial charge in [-0.05, 0) is 17.5 Å². The van der Waals surface area contributed by atoms with Gasteiger partial charge < -0.3 is 15.7 Å². The van der Waals surface area contributed by atoms with Crippen LogP contribution in [0, 0.1) is 0 Å². The molecule has 0 fully saturated rings. The molecule has 0 aliphatic carbocycles. The lowest BCUT2D eigenvalue weighted by Crippen LogP contribution is -2.43. The molecule has 0 saturated carbocycles. The van der Waals surface area contributed by atoms with Crippen LogP contribution in [0.4, 0.5) is 5.13 Å². The number of nitrogen functional groups attached to an aromatic ring is 1. The van der Waals surface area contributed by atoms with Gasteiger partial charge in [-0.3, -0.25) is 4.79 Å². The molecule has 1 atom stereocenters. The molecule has 7 heteroatoms. The third kappa shape index (κ3) is 2.36. The van der Waals surface area contributed by atoms with E-state index in [1.165, 1.54) is 4.90 Å². The zero-order valence-corrected chi connectivity index (χ0v) is 11.8. The molecule has 0 bridgehead atoms. The maximum atomic E-state index is 12.5. The first kappa shape index (κ1) is 13.6. The predicted molar refractivity (Wildman–Crippen MR) is 78.1 cm³/mol. The van der Waals surface area contributed by atoms with E-state index >= 15 is 0 Å². The Hall–Kier alpha value is -2.41. The van der Waals surface area contributed by atoms with E-state index in [9.17, 15) is 14.7 Å². The topological polar surface area (TPSA) is 96.5 Å². The number of carbonyl (C=O) groups excluding carboxylic acids is 1. The number of carboxylic acid groups (broad SMARTS) is 1. The number of benzene rings is 1. The van der Waals surface area contributed by atoms with Crippen molar-refractivity contribution in [1.29, 1.82) is 0 Å². The lowest BCUT2D eigenvalue weighted by Gasteiger charge is -2.34. The Labute approximate surface area is 124 Å². The maximum Gasteiger partial charge on any atom is 0.331 e. The van der Waals surface area contributed by atoms with Crippen LogP contribution in [-0.2, 0) is 11.2 Å². The third-order valence-corrected chi connectivity index (χ3v) is 4.19. The molecule has 0 radical (unpaired) electrons. The van der Waals surface area contributed by atoms with Crippen LogP contribution in [0.5, 0.6) is 0 Å². The molecule has 0 spiro atoms. The minimum atomic E-state index is -1.04. The van der Waals surface area contributed by atoms with Crippen molar-refractivity contribution < 1.29 is 14.7 Å². The summed E-state index contributed by atoms with van der Waals surface area (Å²) in [5.74, 6) is -1.44. The fourth-order valence-electron chi connectivity index (χ4n) is 2.58. The second-order valence-corrected chi connectivity index (χ2v) is 5.65. The van der Waals surface area contributed by atoms with E-state index in [1.54, 1.807) is 17.5 Å². The first-order valence-electron chi connectivity index (χ1n) is 6.40. The van der Waals surface area contributed by atoms with Crippen molar-refractivity contribution >= 4 is 28.3 Å². The van der Waals surface area contributed by atoms with E-state index in [0.717, 1.165) is 16.9 Å². The van der Waals surface area contributed by atoms with Gasteiger partial charge in [-0.25, -0.2) is 9.78 Å². The van der Waals surface area contributed by atoms with Crippen LogP contribution in [-0.4, -0.2) is 33.4 Å². The zero-order chi connectivity index (χ0) is 15.0. The molecular weight excluding hydrogens is 290 g/mol. The molecular formula is C14H13N3O3S. The number of amides is 1. The molecule has 2 heterocycles. The smallest absolute Gasteiger partial charge is 0.331 e. The average Bonchev–Trinajstić information content (AvgIpc) is 2.91. The number of fused-ring (bicyclic) bond motifs is 1. The first-order valence-corrected chi connectivity index (χ1v) is 7.28. The van der Waals surface area contributed by atoms with Gasteiger partial charge >= 0.3 is 5.97 Å². The largest absolute Gasteiger partial charge is 0.479 e. The molecule has 3 N–H and O–H groups in total. The molecule has 1 unspecified atom stereocenters. The van der Waals surface area contributed by atoms with Gasteiger partial charge in [0.25, 0.3) is 5.91 Å². The van der Waals surface area contributed by atoms with E-state index in [2.05, 4.69) is 4.98 Å². The van der Waals surface area contributed by atoms with Crippen LogP contribution in [0.1, 0.15) is 27.7 Å². The van der Waals surface area contributed by atoms with Gasteiger partial charge in [-0.15, -0.1) is 11.3 Å². The number of hydrogen-bond donors (Lipinski definition) is 2. The maximum absolute atomic E-state index is 12.5. The molecule has 2 aromatic rings. The van der Waals surface area contributed by atoms with Gasteiger partial charge in [-0.1, -0.05) is 24.3 Å². The average molecular weight is 303 g/mol. The van der Waals surface area contributed by atoms with Crippen LogP contribution < -0.4 is 5.73 Å². The molecule has 1 aliphatic rings. The Morgan fingerprint density at radius 3 is 2.81 bits per heavy atom. The van der Waals surface area contributed by atoms with Crippen molar-refractivity contribution in [2.45, 2.75) is 12.5 Å².